The minimum absolute atomic E-state index is 0.133. The quantitative estimate of drug-likeness (QED) is 0.817. The van der Waals surface area contributed by atoms with Gasteiger partial charge >= 0.3 is 6.18 Å². The number of carbonyl (C=O) groups is 1. The van der Waals surface area contributed by atoms with E-state index in [-0.39, 0.29) is 11.1 Å². The number of rotatable bonds is 6. The number of hydrogen-bond acceptors (Lipinski definition) is 3. The van der Waals surface area contributed by atoms with Crippen LogP contribution >= 0.6 is 0 Å². The van der Waals surface area contributed by atoms with E-state index < -0.39 is 23.7 Å². The summed E-state index contributed by atoms with van der Waals surface area (Å²) in [6.45, 7) is 3.34. The van der Waals surface area contributed by atoms with Crippen molar-refractivity contribution in [2.75, 3.05) is 0 Å². The summed E-state index contributed by atoms with van der Waals surface area (Å²) in [6.07, 6.45) is -1.21. The fourth-order valence-corrected chi connectivity index (χ4v) is 2.43. The Labute approximate surface area is 150 Å². The first kappa shape index (κ1) is 19.9. The molecule has 0 aliphatic rings. The molecule has 2 N–H and O–H groups in total. The molecule has 1 amide bonds. The molecule has 26 heavy (non-hydrogen) atoms. The number of aromatic nitrogens is 1. The third-order valence-corrected chi connectivity index (χ3v) is 3.84. The molecular formula is C19H21F3N2O2. The Kier molecular flexibility index (Phi) is 6.02. The minimum Gasteiger partial charge on any atom is -0.390 e. The highest BCUT2D eigenvalue weighted by atomic mass is 19.4. The van der Waals surface area contributed by atoms with Gasteiger partial charge in [0, 0.05) is 23.5 Å². The maximum absolute atomic E-state index is 13.3. The average Bonchev–Trinajstić information content (AvgIpc) is 2.57. The van der Waals surface area contributed by atoms with Gasteiger partial charge in [-0.2, -0.15) is 13.2 Å². The molecule has 2 aromatic rings. The molecule has 0 spiro atoms. The number of benzene rings is 1. The summed E-state index contributed by atoms with van der Waals surface area (Å²) >= 11 is 0. The van der Waals surface area contributed by atoms with Crippen LogP contribution in [0.2, 0.25) is 0 Å². The molecule has 0 fully saturated rings. The largest absolute Gasteiger partial charge is 0.412 e. The average molecular weight is 366 g/mol. The Morgan fingerprint density at radius 1 is 1.23 bits per heavy atom. The van der Waals surface area contributed by atoms with Crippen LogP contribution in [0.15, 0.2) is 48.8 Å². The highest BCUT2D eigenvalue weighted by molar-refractivity contribution is 5.94. The van der Waals surface area contributed by atoms with Crippen LogP contribution in [0.25, 0.3) is 0 Å². The van der Waals surface area contributed by atoms with Gasteiger partial charge in [-0.05, 0) is 50.5 Å². The molecule has 1 heterocycles. The Morgan fingerprint density at radius 3 is 2.54 bits per heavy atom. The summed E-state index contributed by atoms with van der Waals surface area (Å²) in [5, 5.41) is 11.8. The predicted molar refractivity (Wildman–Crippen MR) is 91.6 cm³/mol. The van der Waals surface area contributed by atoms with Crippen molar-refractivity contribution in [2.45, 2.75) is 44.5 Å². The molecule has 0 saturated carbocycles. The number of nitrogens with zero attached hydrogens (tertiary/aromatic N) is 1. The van der Waals surface area contributed by atoms with Crippen LogP contribution in [0.3, 0.4) is 0 Å². The van der Waals surface area contributed by atoms with Gasteiger partial charge in [0.15, 0.2) is 6.04 Å². The van der Waals surface area contributed by atoms with Gasteiger partial charge in [0.1, 0.15) is 0 Å². The molecule has 0 aliphatic heterocycles. The van der Waals surface area contributed by atoms with Gasteiger partial charge in [0.2, 0.25) is 0 Å². The van der Waals surface area contributed by atoms with Crippen molar-refractivity contribution in [1.29, 1.82) is 0 Å². The summed E-state index contributed by atoms with van der Waals surface area (Å²) in [6, 6.07) is 6.90. The lowest BCUT2D eigenvalue weighted by Gasteiger charge is -2.22. The van der Waals surface area contributed by atoms with Gasteiger partial charge in [-0.25, -0.2) is 0 Å². The highest BCUT2D eigenvalue weighted by Gasteiger charge is 2.42. The van der Waals surface area contributed by atoms with Crippen LogP contribution in [0.5, 0.6) is 0 Å². The predicted octanol–water partition coefficient (Wildman–Crippen LogP) is 3.82. The van der Waals surface area contributed by atoms with Gasteiger partial charge in [0.05, 0.1) is 5.60 Å². The van der Waals surface area contributed by atoms with E-state index in [0.717, 1.165) is 11.8 Å². The molecule has 1 aromatic heterocycles. The van der Waals surface area contributed by atoms with Crippen molar-refractivity contribution in [1.82, 2.24) is 10.3 Å². The molecule has 1 aromatic carbocycles. The number of hydrogen-bond donors (Lipinski definition) is 2. The number of aryl methyl sites for hydroxylation is 1. The van der Waals surface area contributed by atoms with E-state index in [1.165, 1.54) is 30.5 Å². The SMILES string of the molecule is CC(C)(O)CCc1cccc(C(=O)NC(c2cccnc2)C(F)(F)F)c1. The van der Waals surface area contributed by atoms with Gasteiger partial charge in [-0.3, -0.25) is 9.78 Å². The second-order valence-electron chi connectivity index (χ2n) is 6.75. The van der Waals surface area contributed by atoms with Crippen molar-refractivity contribution in [3.05, 3.63) is 65.5 Å². The highest BCUT2D eigenvalue weighted by Crippen LogP contribution is 2.32. The first-order chi connectivity index (χ1) is 12.1. The van der Waals surface area contributed by atoms with E-state index in [2.05, 4.69) is 4.98 Å². The maximum atomic E-state index is 13.3. The number of halogens is 3. The van der Waals surface area contributed by atoms with Crippen LogP contribution in [0.1, 0.15) is 47.8 Å². The third kappa shape index (κ3) is 5.84. The number of aliphatic hydroxyl groups is 1. The summed E-state index contributed by atoms with van der Waals surface area (Å²) in [4.78, 5) is 16.0. The second-order valence-corrected chi connectivity index (χ2v) is 6.75. The number of amides is 1. The molecule has 0 bridgehead atoms. The maximum Gasteiger partial charge on any atom is 0.412 e. The third-order valence-electron chi connectivity index (χ3n) is 3.84. The molecule has 140 valence electrons. The molecule has 7 heteroatoms. The lowest BCUT2D eigenvalue weighted by atomic mass is 9.97. The Balaban J connectivity index is 2.17. The summed E-state index contributed by atoms with van der Waals surface area (Å²) in [5.74, 6) is -0.818. The standard InChI is InChI=1S/C19H21F3N2O2/c1-18(2,26)9-8-13-5-3-6-14(11-13)17(25)24-16(19(20,21)22)15-7-4-10-23-12-15/h3-7,10-12,16,26H,8-9H2,1-2H3,(H,24,25). The van der Waals surface area contributed by atoms with Crippen molar-refractivity contribution in [3.8, 4) is 0 Å². The first-order valence-corrected chi connectivity index (χ1v) is 8.15. The van der Waals surface area contributed by atoms with Crippen LogP contribution in [0.4, 0.5) is 13.2 Å². The van der Waals surface area contributed by atoms with E-state index in [0.29, 0.717) is 12.8 Å². The number of alkyl halides is 3. The molecule has 0 saturated heterocycles. The van der Waals surface area contributed by atoms with Crippen LogP contribution in [0, 0.1) is 0 Å². The summed E-state index contributed by atoms with van der Waals surface area (Å²) < 4.78 is 40.0. The van der Waals surface area contributed by atoms with Crippen LogP contribution in [-0.4, -0.2) is 27.8 Å². The van der Waals surface area contributed by atoms with Crippen molar-refractivity contribution in [2.24, 2.45) is 0 Å². The normalized spacial score (nSPS) is 13.3. The number of nitrogens with one attached hydrogen (secondary N) is 1. The fraction of sp³-hybridized carbons (Fsp3) is 0.368. The monoisotopic (exact) mass is 366 g/mol. The molecule has 2 rings (SSSR count). The topological polar surface area (TPSA) is 62.2 Å². The number of carbonyl (C=O) groups excluding carboxylic acids is 1. The molecule has 0 radical (unpaired) electrons. The number of pyridine rings is 1. The second kappa shape index (κ2) is 7.86. The van der Waals surface area contributed by atoms with E-state index in [1.807, 2.05) is 5.32 Å². The van der Waals surface area contributed by atoms with Gasteiger partial charge < -0.3 is 10.4 Å². The van der Waals surface area contributed by atoms with Crippen molar-refractivity contribution >= 4 is 5.91 Å². The van der Waals surface area contributed by atoms with Gasteiger partial charge in [0.25, 0.3) is 5.91 Å². The van der Waals surface area contributed by atoms with Gasteiger partial charge in [-0.1, -0.05) is 18.2 Å². The lowest BCUT2D eigenvalue weighted by Crippen LogP contribution is -2.38. The lowest BCUT2D eigenvalue weighted by molar-refractivity contribution is -0.155. The zero-order valence-corrected chi connectivity index (χ0v) is 14.5. The van der Waals surface area contributed by atoms with Crippen molar-refractivity contribution < 1.29 is 23.1 Å². The van der Waals surface area contributed by atoms with Crippen LogP contribution in [-0.2, 0) is 6.42 Å². The summed E-state index contributed by atoms with van der Waals surface area (Å²) in [7, 11) is 0. The van der Waals surface area contributed by atoms with Crippen molar-refractivity contribution in [3.63, 3.8) is 0 Å². The molecule has 4 nitrogen and oxygen atoms in total. The molecule has 1 unspecified atom stereocenters. The Hall–Kier alpha value is -2.41. The minimum atomic E-state index is -4.64. The Bertz CT molecular complexity index is 740. The zero-order valence-electron chi connectivity index (χ0n) is 14.5. The molecular weight excluding hydrogens is 345 g/mol. The van der Waals surface area contributed by atoms with Gasteiger partial charge in [-0.15, -0.1) is 0 Å². The van der Waals surface area contributed by atoms with Crippen LogP contribution < -0.4 is 5.32 Å². The van der Waals surface area contributed by atoms with E-state index in [1.54, 1.807) is 26.0 Å². The van der Waals surface area contributed by atoms with E-state index in [9.17, 15) is 23.1 Å². The Morgan fingerprint density at radius 2 is 1.96 bits per heavy atom. The smallest absolute Gasteiger partial charge is 0.390 e. The fourth-order valence-electron chi connectivity index (χ4n) is 2.43. The first-order valence-electron chi connectivity index (χ1n) is 8.15. The molecule has 1 atom stereocenters. The van der Waals surface area contributed by atoms with E-state index >= 15 is 0 Å². The molecule has 0 aliphatic carbocycles. The summed E-state index contributed by atoms with van der Waals surface area (Å²) in [5.41, 5.74) is -0.0902. The van der Waals surface area contributed by atoms with E-state index in [4.69, 9.17) is 0 Å². The zero-order chi connectivity index (χ0) is 19.4.